The largest absolute Gasteiger partial charge is 0.468 e. The lowest BCUT2D eigenvalue weighted by molar-refractivity contribution is 0.0907. The van der Waals surface area contributed by atoms with E-state index in [-0.39, 0.29) is 6.03 Å². The fourth-order valence-electron chi connectivity index (χ4n) is 4.80. The summed E-state index contributed by atoms with van der Waals surface area (Å²) in [5.41, 5.74) is 3.90. The molecule has 1 aromatic heterocycles. The molecule has 1 amide bonds. The summed E-state index contributed by atoms with van der Waals surface area (Å²) < 4.78 is 12.7. The SMILES string of the molecule is COc1nc2ccc(N3[C@@H]4CC[C@H]3COC4)cc2n1C(=O)NCCCc1ccccc1. The van der Waals surface area contributed by atoms with Crippen LogP contribution < -0.4 is 15.0 Å². The maximum Gasteiger partial charge on any atom is 0.330 e. The van der Waals surface area contributed by atoms with E-state index in [9.17, 15) is 4.79 Å². The Hall–Kier alpha value is -3.06. The van der Waals surface area contributed by atoms with E-state index in [4.69, 9.17) is 9.47 Å². The van der Waals surface area contributed by atoms with E-state index in [0.717, 1.165) is 55.6 Å². The van der Waals surface area contributed by atoms with Gasteiger partial charge in [0.05, 0.1) is 43.4 Å². The molecule has 5 rings (SSSR count). The molecule has 2 atom stereocenters. The second-order valence-corrected chi connectivity index (χ2v) is 8.26. The van der Waals surface area contributed by atoms with Gasteiger partial charge in [-0.1, -0.05) is 30.3 Å². The maximum atomic E-state index is 13.0. The van der Waals surface area contributed by atoms with Crippen molar-refractivity contribution >= 4 is 22.8 Å². The lowest BCUT2D eigenvalue weighted by atomic mass is 10.1. The first-order valence-corrected chi connectivity index (χ1v) is 11.0. The molecule has 2 fully saturated rings. The molecular formula is C24H28N4O3. The van der Waals surface area contributed by atoms with Gasteiger partial charge in [-0.25, -0.2) is 9.36 Å². The highest BCUT2D eigenvalue weighted by Crippen LogP contribution is 2.36. The number of fused-ring (bicyclic) bond motifs is 3. The molecule has 7 nitrogen and oxygen atoms in total. The number of ether oxygens (including phenoxy) is 2. The Bertz CT molecular complexity index is 1050. The number of hydrogen-bond acceptors (Lipinski definition) is 5. The van der Waals surface area contributed by atoms with Gasteiger partial charge in [0.15, 0.2) is 0 Å². The van der Waals surface area contributed by atoms with E-state index in [1.54, 1.807) is 11.7 Å². The van der Waals surface area contributed by atoms with Gasteiger partial charge in [-0.2, -0.15) is 4.98 Å². The van der Waals surface area contributed by atoms with E-state index >= 15 is 0 Å². The Balaban J connectivity index is 1.35. The van der Waals surface area contributed by atoms with Gasteiger partial charge in [0.1, 0.15) is 0 Å². The monoisotopic (exact) mass is 420 g/mol. The van der Waals surface area contributed by atoms with Crippen molar-refractivity contribution in [2.24, 2.45) is 0 Å². The first kappa shape index (κ1) is 19.9. The smallest absolute Gasteiger partial charge is 0.330 e. The van der Waals surface area contributed by atoms with Crippen molar-refractivity contribution in [2.45, 2.75) is 37.8 Å². The molecular weight excluding hydrogens is 392 g/mol. The number of aryl methyl sites for hydroxylation is 1. The lowest BCUT2D eigenvalue weighted by Crippen LogP contribution is -2.45. The van der Waals surface area contributed by atoms with Crippen LogP contribution in [-0.2, 0) is 11.2 Å². The van der Waals surface area contributed by atoms with Crippen LogP contribution in [0.1, 0.15) is 24.8 Å². The van der Waals surface area contributed by atoms with Gasteiger partial charge in [-0.3, -0.25) is 0 Å². The minimum atomic E-state index is -0.213. The molecule has 2 saturated heterocycles. The number of benzene rings is 2. The molecule has 2 bridgehead atoms. The molecule has 0 aliphatic carbocycles. The number of rotatable bonds is 6. The molecule has 3 aromatic rings. The number of carbonyl (C=O) groups is 1. The van der Waals surface area contributed by atoms with Crippen molar-refractivity contribution in [2.75, 3.05) is 31.8 Å². The number of anilines is 1. The summed E-state index contributed by atoms with van der Waals surface area (Å²) >= 11 is 0. The Kier molecular flexibility index (Phi) is 5.51. The van der Waals surface area contributed by atoms with Crippen LogP contribution in [0.15, 0.2) is 48.5 Å². The summed E-state index contributed by atoms with van der Waals surface area (Å²) in [5, 5.41) is 3.02. The van der Waals surface area contributed by atoms with Crippen molar-refractivity contribution in [3.05, 3.63) is 54.1 Å². The molecule has 0 unspecified atom stereocenters. The lowest BCUT2D eigenvalue weighted by Gasteiger charge is -2.36. The number of amides is 1. The van der Waals surface area contributed by atoms with Crippen LogP contribution in [0.2, 0.25) is 0 Å². The first-order chi connectivity index (χ1) is 15.2. The molecule has 3 heterocycles. The van der Waals surface area contributed by atoms with E-state index in [1.807, 2.05) is 24.3 Å². The van der Waals surface area contributed by atoms with Gasteiger partial charge in [0.25, 0.3) is 0 Å². The summed E-state index contributed by atoms with van der Waals surface area (Å²) in [5.74, 6) is 0. The number of nitrogens with one attached hydrogen (secondary N) is 1. The number of morpholine rings is 1. The normalized spacial score (nSPS) is 20.2. The third kappa shape index (κ3) is 3.85. The van der Waals surface area contributed by atoms with E-state index in [2.05, 4.69) is 39.5 Å². The molecule has 0 spiro atoms. The number of aromatic nitrogens is 2. The highest BCUT2D eigenvalue weighted by Gasteiger charge is 2.37. The van der Waals surface area contributed by atoms with E-state index in [1.165, 1.54) is 5.56 Å². The third-order valence-corrected chi connectivity index (χ3v) is 6.29. The van der Waals surface area contributed by atoms with Crippen LogP contribution in [0.4, 0.5) is 10.5 Å². The molecule has 1 N–H and O–H groups in total. The predicted molar refractivity (Wildman–Crippen MR) is 120 cm³/mol. The van der Waals surface area contributed by atoms with Gasteiger partial charge in [0.2, 0.25) is 0 Å². The Morgan fingerprint density at radius 1 is 1.16 bits per heavy atom. The van der Waals surface area contributed by atoms with Crippen molar-refractivity contribution in [3.63, 3.8) is 0 Å². The van der Waals surface area contributed by atoms with E-state index < -0.39 is 0 Å². The predicted octanol–water partition coefficient (Wildman–Crippen LogP) is 3.60. The van der Waals surface area contributed by atoms with Gasteiger partial charge in [-0.05, 0) is 49.4 Å². The number of nitrogens with zero attached hydrogens (tertiary/aromatic N) is 3. The minimum absolute atomic E-state index is 0.213. The number of imidazole rings is 1. The fourth-order valence-corrected chi connectivity index (χ4v) is 4.80. The van der Waals surface area contributed by atoms with Gasteiger partial charge >= 0.3 is 12.0 Å². The van der Waals surface area contributed by atoms with Crippen molar-refractivity contribution < 1.29 is 14.3 Å². The standard InChI is InChI=1S/C24H28N4O3/c1-30-24-26-21-12-11-18(27-19-9-10-20(27)16-31-15-19)14-22(21)28(24)23(29)25-13-5-8-17-6-3-2-4-7-17/h2-4,6-7,11-12,14,19-20H,5,8-10,13,15-16H2,1H3,(H,25,29)/t19-,20+. The second-order valence-electron chi connectivity index (χ2n) is 8.26. The highest BCUT2D eigenvalue weighted by molar-refractivity contribution is 5.92. The van der Waals surface area contributed by atoms with Crippen LogP contribution in [0.25, 0.3) is 11.0 Å². The van der Waals surface area contributed by atoms with Gasteiger partial charge in [-0.15, -0.1) is 0 Å². The van der Waals surface area contributed by atoms with Crippen molar-refractivity contribution in [1.29, 1.82) is 0 Å². The summed E-state index contributed by atoms with van der Waals surface area (Å²) in [6.45, 7) is 2.11. The minimum Gasteiger partial charge on any atom is -0.468 e. The average Bonchev–Trinajstić information content (AvgIpc) is 3.30. The fraction of sp³-hybridized carbons (Fsp3) is 0.417. The third-order valence-electron chi connectivity index (χ3n) is 6.29. The summed E-state index contributed by atoms with van der Waals surface area (Å²) in [6, 6.07) is 17.3. The molecule has 162 valence electrons. The maximum absolute atomic E-state index is 13.0. The molecule has 2 aliphatic heterocycles. The topological polar surface area (TPSA) is 68.6 Å². The van der Waals surface area contributed by atoms with E-state index in [0.29, 0.717) is 24.6 Å². The number of methoxy groups -OCH3 is 1. The Morgan fingerprint density at radius 3 is 2.68 bits per heavy atom. The second kappa shape index (κ2) is 8.59. The summed E-state index contributed by atoms with van der Waals surface area (Å²) in [4.78, 5) is 20.0. The van der Waals surface area contributed by atoms with Gasteiger partial charge in [0, 0.05) is 12.2 Å². The number of carbonyl (C=O) groups excluding carboxylic acids is 1. The zero-order valence-electron chi connectivity index (χ0n) is 17.8. The van der Waals surface area contributed by atoms with Crippen LogP contribution in [0.3, 0.4) is 0 Å². The van der Waals surface area contributed by atoms with Crippen LogP contribution in [0.5, 0.6) is 6.01 Å². The Labute approximate surface area is 182 Å². The van der Waals surface area contributed by atoms with Gasteiger partial charge < -0.3 is 19.7 Å². The molecule has 2 aromatic carbocycles. The van der Waals surface area contributed by atoms with Crippen molar-refractivity contribution in [1.82, 2.24) is 14.9 Å². The summed E-state index contributed by atoms with van der Waals surface area (Å²) in [6.07, 6.45) is 4.08. The number of hydrogen-bond donors (Lipinski definition) is 1. The zero-order chi connectivity index (χ0) is 21.2. The van der Waals surface area contributed by atoms with Crippen molar-refractivity contribution in [3.8, 4) is 6.01 Å². The molecule has 7 heteroatoms. The van der Waals surface area contributed by atoms with Crippen LogP contribution in [-0.4, -0.2) is 54.5 Å². The van der Waals surface area contributed by atoms with Crippen LogP contribution in [0, 0.1) is 0 Å². The zero-order valence-corrected chi connectivity index (χ0v) is 17.8. The highest BCUT2D eigenvalue weighted by atomic mass is 16.5. The molecule has 2 aliphatic rings. The average molecular weight is 421 g/mol. The summed E-state index contributed by atoms with van der Waals surface area (Å²) in [7, 11) is 1.55. The van der Waals surface area contributed by atoms with Crippen LogP contribution >= 0.6 is 0 Å². The quantitative estimate of drug-likeness (QED) is 0.617. The molecule has 0 radical (unpaired) electrons. The molecule has 31 heavy (non-hydrogen) atoms. The molecule has 0 saturated carbocycles. The first-order valence-electron chi connectivity index (χ1n) is 11.0. The Morgan fingerprint density at radius 2 is 1.94 bits per heavy atom.